The SMILES string of the molecule is CCCCCC(=O)Oc1c2ccccc2c(OC(=O)CCCCC)c2cc(F)ccc12. The number of rotatable bonds is 10. The molecule has 0 fully saturated rings. The summed E-state index contributed by atoms with van der Waals surface area (Å²) in [7, 11) is 0. The first kappa shape index (κ1) is 22.7. The smallest absolute Gasteiger partial charge is 0.311 e. The number of hydrogen-bond acceptors (Lipinski definition) is 4. The number of hydrogen-bond donors (Lipinski definition) is 0. The second-order valence-electron chi connectivity index (χ2n) is 7.76. The van der Waals surface area contributed by atoms with Crippen molar-refractivity contribution < 1.29 is 23.5 Å². The Labute approximate surface area is 182 Å². The predicted octanol–water partition coefficient (Wildman–Crippen LogP) is 7.10. The van der Waals surface area contributed by atoms with Crippen LogP contribution in [0.2, 0.25) is 0 Å². The zero-order chi connectivity index (χ0) is 22.2. The second-order valence-corrected chi connectivity index (χ2v) is 7.76. The van der Waals surface area contributed by atoms with E-state index >= 15 is 0 Å². The molecular weight excluding hydrogens is 395 g/mol. The van der Waals surface area contributed by atoms with E-state index in [0.29, 0.717) is 45.9 Å². The molecule has 0 spiro atoms. The molecule has 5 heteroatoms. The van der Waals surface area contributed by atoms with Crippen LogP contribution < -0.4 is 9.47 Å². The molecule has 0 N–H and O–H groups in total. The first-order chi connectivity index (χ1) is 15.0. The molecule has 0 unspecified atom stereocenters. The third-order valence-corrected chi connectivity index (χ3v) is 5.29. The fourth-order valence-electron chi connectivity index (χ4n) is 3.66. The van der Waals surface area contributed by atoms with Crippen molar-refractivity contribution in [3.05, 3.63) is 48.3 Å². The lowest BCUT2D eigenvalue weighted by Crippen LogP contribution is -2.10. The van der Waals surface area contributed by atoms with Gasteiger partial charge in [-0.05, 0) is 31.0 Å². The van der Waals surface area contributed by atoms with Gasteiger partial charge in [-0.1, -0.05) is 63.8 Å². The highest BCUT2D eigenvalue weighted by Gasteiger charge is 2.20. The van der Waals surface area contributed by atoms with Crippen molar-refractivity contribution in [1.29, 1.82) is 0 Å². The molecule has 164 valence electrons. The molecule has 0 amide bonds. The normalized spacial score (nSPS) is 11.1. The van der Waals surface area contributed by atoms with Gasteiger partial charge in [-0.3, -0.25) is 9.59 Å². The summed E-state index contributed by atoms with van der Waals surface area (Å²) in [5.74, 6) is -0.455. The third kappa shape index (κ3) is 5.60. The van der Waals surface area contributed by atoms with Crippen LogP contribution in [0.15, 0.2) is 42.5 Å². The van der Waals surface area contributed by atoms with Gasteiger partial charge in [0, 0.05) is 34.4 Å². The minimum atomic E-state index is -0.453. The summed E-state index contributed by atoms with van der Waals surface area (Å²) in [4.78, 5) is 24.9. The molecule has 0 saturated heterocycles. The number of unbranched alkanes of at least 4 members (excludes halogenated alkanes) is 4. The van der Waals surface area contributed by atoms with Gasteiger partial charge < -0.3 is 9.47 Å². The first-order valence-electron chi connectivity index (χ1n) is 11.1. The number of ether oxygens (including phenoxy) is 2. The summed E-state index contributed by atoms with van der Waals surface area (Å²) in [6, 6.07) is 11.5. The summed E-state index contributed by atoms with van der Waals surface area (Å²) in [6.45, 7) is 4.14. The van der Waals surface area contributed by atoms with E-state index in [9.17, 15) is 14.0 Å². The Morgan fingerprint density at radius 3 is 1.71 bits per heavy atom. The Bertz CT molecular complexity index is 1070. The van der Waals surface area contributed by atoms with Gasteiger partial charge in [0.25, 0.3) is 0 Å². The van der Waals surface area contributed by atoms with E-state index in [1.54, 1.807) is 12.1 Å². The summed E-state index contributed by atoms with van der Waals surface area (Å²) in [5.41, 5.74) is 0. The monoisotopic (exact) mass is 424 g/mol. The Kier molecular flexibility index (Phi) is 7.99. The average Bonchev–Trinajstić information content (AvgIpc) is 2.76. The second kappa shape index (κ2) is 10.9. The van der Waals surface area contributed by atoms with Gasteiger partial charge >= 0.3 is 11.9 Å². The van der Waals surface area contributed by atoms with E-state index in [1.165, 1.54) is 12.1 Å². The van der Waals surface area contributed by atoms with E-state index in [1.807, 2.05) is 18.2 Å². The van der Waals surface area contributed by atoms with Crippen molar-refractivity contribution in [1.82, 2.24) is 0 Å². The molecule has 3 aromatic rings. The number of carbonyl (C=O) groups is 2. The van der Waals surface area contributed by atoms with Crippen molar-refractivity contribution in [2.45, 2.75) is 65.2 Å². The van der Waals surface area contributed by atoms with Gasteiger partial charge in [-0.25, -0.2) is 4.39 Å². The van der Waals surface area contributed by atoms with Crippen LogP contribution >= 0.6 is 0 Å². The third-order valence-electron chi connectivity index (χ3n) is 5.29. The van der Waals surface area contributed by atoms with E-state index in [2.05, 4.69) is 13.8 Å². The average molecular weight is 425 g/mol. The number of fused-ring (bicyclic) bond motifs is 2. The van der Waals surface area contributed by atoms with Gasteiger partial charge in [0.1, 0.15) is 17.3 Å². The number of carbonyl (C=O) groups excluding carboxylic acids is 2. The molecule has 0 aliphatic heterocycles. The molecular formula is C26H29FO4. The van der Waals surface area contributed by atoms with Gasteiger partial charge in [0.05, 0.1) is 0 Å². The van der Waals surface area contributed by atoms with Crippen molar-refractivity contribution in [3.8, 4) is 11.5 Å². The van der Waals surface area contributed by atoms with Crippen LogP contribution in [0.25, 0.3) is 21.5 Å². The van der Waals surface area contributed by atoms with E-state index in [-0.39, 0.29) is 11.9 Å². The van der Waals surface area contributed by atoms with Crippen molar-refractivity contribution in [2.24, 2.45) is 0 Å². The molecule has 31 heavy (non-hydrogen) atoms. The topological polar surface area (TPSA) is 52.6 Å². The maximum Gasteiger partial charge on any atom is 0.311 e. The highest BCUT2D eigenvalue weighted by Crippen LogP contribution is 2.43. The lowest BCUT2D eigenvalue weighted by molar-refractivity contribution is -0.135. The Balaban J connectivity index is 2.07. The van der Waals surface area contributed by atoms with E-state index in [4.69, 9.17) is 9.47 Å². The van der Waals surface area contributed by atoms with Gasteiger partial charge in [-0.15, -0.1) is 0 Å². The van der Waals surface area contributed by atoms with Crippen molar-refractivity contribution in [3.63, 3.8) is 0 Å². The first-order valence-corrected chi connectivity index (χ1v) is 11.1. The van der Waals surface area contributed by atoms with E-state index < -0.39 is 5.82 Å². The highest BCUT2D eigenvalue weighted by molar-refractivity contribution is 6.12. The minimum absolute atomic E-state index is 0.299. The molecule has 0 aliphatic rings. The lowest BCUT2D eigenvalue weighted by atomic mass is 10.00. The molecule has 0 aliphatic carbocycles. The largest absolute Gasteiger partial charge is 0.425 e. The predicted molar refractivity (Wildman–Crippen MR) is 121 cm³/mol. The zero-order valence-electron chi connectivity index (χ0n) is 18.2. The lowest BCUT2D eigenvalue weighted by Gasteiger charge is -2.16. The van der Waals surface area contributed by atoms with E-state index in [0.717, 1.165) is 38.5 Å². The molecule has 0 bridgehead atoms. The molecule has 0 heterocycles. The molecule has 0 atom stereocenters. The fraction of sp³-hybridized carbons (Fsp3) is 0.385. The van der Waals surface area contributed by atoms with Crippen LogP contribution in [0, 0.1) is 5.82 Å². The zero-order valence-corrected chi connectivity index (χ0v) is 18.2. The van der Waals surface area contributed by atoms with Crippen LogP contribution in [0.1, 0.15) is 65.2 Å². The number of benzene rings is 3. The highest BCUT2D eigenvalue weighted by atomic mass is 19.1. The maximum absolute atomic E-state index is 14.2. The van der Waals surface area contributed by atoms with Crippen molar-refractivity contribution in [2.75, 3.05) is 0 Å². The van der Waals surface area contributed by atoms with Crippen LogP contribution in [0.3, 0.4) is 0 Å². The summed E-state index contributed by atoms with van der Waals surface area (Å²) in [5, 5.41) is 2.22. The van der Waals surface area contributed by atoms with Gasteiger partial charge in [0.15, 0.2) is 0 Å². The quantitative estimate of drug-likeness (QED) is 0.151. The molecule has 0 saturated carbocycles. The minimum Gasteiger partial charge on any atom is -0.425 e. The van der Waals surface area contributed by atoms with Crippen molar-refractivity contribution >= 4 is 33.5 Å². The maximum atomic E-state index is 14.2. The Hall–Kier alpha value is -2.95. The summed E-state index contributed by atoms with van der Waals surface area (Å²) >= 11 is 0. The number of halogens is 1. The Morgan fingerprint density at radius 1 is 0.710 bits per heavy atom. The molecule has 3 rings (SSSR count). The standard InChI is InChI=1S/C26H29FO4/c1-3-5-7-13-23(28)30-25-19-11-9-10-12-20(19)26(31-24(29)14-8-6-4-2)22-17-18(27)15-16-21(22)25/h9-12,15-17H,3-8,13-14H2,1-2H3. The molecule has 4 nitrogen and oxygen atoms in total. The number of esters is 2. The van der Waals surface area contributed by atoms with Gasteiger partial charge in [0.2, 0.25) is 0 Å². The Morgan fingerprint density at radius 2 is 1.19 bits per heavy atom. The van der Waals surface area contributed by atoms with Gasteiger partial charge in [-0.2, -0.15) is 0 Å². The summed E-state index contributed by atoms with van der Waals surface area (Å²) in [6.07, 6.45) is 6.03. The molecule has 0 radical (unpaired) electrons. The van der Waals surface area contributed by atoms with Crippen LogP contribution in [-0.2, 0) is 9.59 Å². The molecule has 0 aromatic heterocycles. The van der Waals surface area contributed by atoms with Crippen LogP contribution in [0.4, 0.5) is 4.39 Å². The van der Waals surface area contributed by atoms with Crippen LogP contribution in [0.5, 0.6) is 11.5 Å². The molecule has 3 aromatic carbocycles. The van der Waals surface area contributed by atoms with Crippen LogP contribution in [-0.4, -0.2) is 11.9 Å². The summed E-state index contributed by atoms with van der Waals surface area (Å²) < 4.78 is 25.7. The fourth-order valence-corrected chi connectivity index (χ4v) is 3.66.